The molecule has 136 valence electrons. The van der Waals surface area contributed by atoms with Gasteiger partial charge in [0.15, 0.2) is 11.5 Å². The Morgan fingerprint density at radius 1 is 1.36 bits per heavy atom. The fraction of sp³-hybridized carbons (Fsp3) is 0.529. The molecule has 2 aliphatic rings. The van der Waals surface area contributed by atoms with E-state index in [9.17, 15) is 14.7 Å². The fourth-order valence-electron chi connectivity index (χ4n) is 2.78. The summed E-state index contributed by atoms with van der Waals surface area (Å²) in [5.41, 5.74) is 0.533. The molecule has 0 radical (unpaired) electrons. The molecule has 0 bridgehead atoms. The lowest BCUT2D eigenvalue weighted by Gasteiger charge is -2.23. The van der Waals surface area contributed by atoms with E-state index in [2.05, 4.69) is 5.32 Å². The number of hydrogen-bond donors (Lipinski definition) is 2. The number of benzene rings is 1. The third kappa shape index (κ3) is 3.96. The number of likely N-dealkylation sites (tertiary alicyclic amines) is 1. The van der Waals surface area contributed by atoms with Crippen LogP contribution >= 0.6 is 0 Å². The monoisotopic (exact) mass is 350 g/mol. The van der Waals surface area contributed by atoms with Gasteiger partial charge in [-0.2, -0.15) is 0 Å². The molecule has 8 nitrogen and oxygen atoms in total. The predicted octanol–water partition coefficient (Wildman–Crippen LogP) is 1.58. The highest BCUT2D eigenvalue weighted by atomic mass is 16.7. The average molecular weight is 350 g/mol. The van der Waals surface area contributed by atoms with Gasteiger partial charge in [-0.3, -0.25) is 9.69 Å². The Balaban J connectivity index is 1.66. The summed E-state index contributed by atoms with van der Waals surface area (Å²) in [5.74, 6) is 0.986. The maximum atomic E-state index is 12.6. The van der Waals surface area contributed by atoms with Crippen LogP contribution in [0.15, 0.2) is 18.2 Å². The van der Waals surface area contributed by atoms with Crippen molar-refractivity contribution < 1.29 is 28.9 Å². The lowest BCUT2D eigenvalue weighted by atomic mass is 10.2. The number of aliphatic hydroxyl groups is 1. The van der Waals surface area contributed by atoms with Gasteiger partial charge in [-0.25, -0.2) is 4.79 Å². The summed E-state index contributed by atoms with van der Waals surface area (Å²) in [4.78, 5) is 26.0. The first-order valence-corrected chi connectivity index (χ1v) is 8.26. The molecule has 2 atom stereocenters. The van der Waals surface area contributed by atoms with Crippen LogP contribution in [0.2, 0.25) is 0 Å². The summed E-state index contributed by atoms with van der Waals surface area (Å²) in [6.45, 7) is 4.35. The van der Waals surface area contributed by atoms with E-state index in [0.717, 1.165) is 0 Å². The van der Waals surface area contributed by atoms with Crippen molar-refractivity contribution in [2.45, 2.75) is 32.4 Å². The van der Waals surface area contributed by atoms with Gasteiger partial charge in [0.25, 0.3) is 0 Å². The Morgan fingerprint density at radius 2 is 2.12 bits per heavy atom. The zero-order chi connectivity index (χ0) is 18.0. The molecule has 1 aromatic rings. The second-order valence-corrected chi connectivity index (χ2v) is 6.59. The zero-order valence-corrected chi connectivity index (χ0v) is 14.2. The summed E-state index contributed by atoms with van der Waals surface area (Å²) in [6.07, 6.45) is -1.16. The lowest BCUT2D eigenvalue weighted by Crippen LogP contribution is -2.43. The van der Waals surface area contributed by atoms with Gasteiger partial charge in [-0.15, -0.1) is 0 Å². The van der Waals surface area contributed by atoms with Crippen LogP contribution in [0.3, 0.4) is 0 Å². The Bertz CT molecular complexity index is 663. The molecular formula is C17H22N2O6. The number of carbonyl (C=O) groups excluding carboxylic acids is 2. The van der Waals surface area contributed by atoms with Crippen molar-refractivity contribution in [3.05, 3.63) is 18.2 Å². The van der Waals surface area contributed by atoms with E-state index < -0.39 is 18.2 Å². The number of rotatable bonds is 4. The number of hydrogen-bond acceptors (Lipinski definition) is 6. The molecule has 1 saturated heterocycles. The van der Waals surface area contributed by atoms with Crippen molar-refractivity contribution in [2.24, 2.45) is 5.92 Å². The number of anilines is 1. The summed E-state index contributed by atoms with van der Waals surface area (Å²) < 4.78 is 15.7. The second-order valence-electron chi connectivity index (χ2n) is 6.59. The van der Waals surface area contributed by atoms with Crippen LogP contribution in [-0.2, 0) is 9.53 Å². The standard InChI is InChI=1S/C17H22N2O6/c1-10(2)8-23-17(22)19-7-12(20)6-13(19)16(21)18-11-3-4-14-15(5-11)25-9-24-14/h3-5,10,12-13,20H,6-9H2,1-2H3,(H,18,21)/t12-,13+/m1/s1. The van der Waals surface area contributed by atoms with E-state index in [1.807, 2.05) is 13.8 Å². The number of fused-ring (bicyclic) bond motifs is 1. The Labute approximate surface area is 145 Å². The molecule has 1 aromatic carbocycles. The third-order valence-electron chi connectivity index (χ3n) is 4.00. The van der Waals surface area contributed by atoms with Crippen LogP contribution in [0.5, 0.6) is 11.5 Å². The van der Waals surface area contributed by atoms with Crippen LogP contribution in [0.1, 0.15) is 20.3 Å². The van der Waals surface area contributed by atoms with Gasteiger partial charge in [0.05, 0.1) is 19.3 Å². The molecule has 0 unspecified atom stereocenters. The van der Waals surface area contributed by atoms with Gasteiger partial charge in [0.2, 0.25) is 12.7 Å². The molecule has 1 fully saturated rings. The molecule has 2 heterocycles. The number of carbonyl (C=O) groups is 2. The minimum Gasteiger partial charge on any atom is -0.454 e. The van der Waals surface area contributed by atoms with Crippen LogP contribution in [0, 0.1) is 5.92 Å². The average Bonchev–Trinajstić information content (AvgIpc) is 3.18. The maximum absolute atomic E-state index is 12.6. The minimum absolute atomic E-state index is 0.0795. The molecule has 0 aliphatic carbocycles. The number of nitrogens with one attached hydrogen (secondary N) is 1. The smallest absolute Gasteiger partial charge is 0.410 e. The lowest BCUT2D eigenvalue weighted by molar-refractivity contribution is -0.120. The van der Waals surface area contributed by atoms with Crippen molar-refractivity contribution in [1.29, 1.82) is 0 Å². The van der Waals surface area contributed by atoms with Crippen molar-refractivity contribution >= 4 is 17.7 Å². The number of nitrogens with zero attached hydrogens (tertiary/aromatic N) is 1. The Hall–Kier alpha value is -2.48. The predicted molar refractivity (Wildman–Crippen MR) is 88.5 cm³/mol. The SMILES string of the molecule is CC(C)COC(=O)N1C[C@H](O)C[C@H]1C(=O)Nc1ccc2c(c1)OCO2. The number of aliphatic hydroxyl groups excluding tert-OH is 1. The molecule has 0 aromatic heterocycles. The minimum atomic E-state index is -0.778. The van der Waals surface area contributed by atoms with Gasteiger partial charge >= 0.3 is 6.09 Å². The number of amides is 2. The van der Waals surface area contributed by atoms with E-state index >= 15 is 0 Å². The van der Waals surface area contributed by atoms with Crippen molar-refractivity contribution in [2.75, 3.05) is 25.3 Å². The molecule has 3 rings (SSSR count). The molecule has 2 amide bonds. The van der Waals surface area contributed by atoms with Gasteiger partial charge < -0.3 is 24.6 Å². The van der Waals surface area contributed by atoms with Gasteiger partial charge in [0.1, 0.15) is 6.04 Å². The quantitative estimate of drug-likeness (QED) is 0.856. The first-order chi connectivity index (χ1) is 11.9. The molecule has 8 heteroatoms. The largest absolute Gasteiger partial charge is 0.454 e. The highest BCUT2D eigenvalue weighted by Crippen LogP contribution is 2.34. The van der Waals surface area contributed by atoms with E-state index in [0.29, 0.717) is 17.2 Å². The molecular weight excluding hydrogens is 328 g/mol. The van der Waals surface area contributed by atoms with Crippen LogP contribution < -0.4 is 14.8 Å². The zero-order valence-electron chi connectivity index (χ0n) is 14.2. The molecule has 0 saturated carbocycles. The van der Waals surface area contributed by atoms with E-state index in [1.54, 1.807) is 18.2 Å². The van der Waals surface area contributed by atoms with E-state index in [1.165, 1.54) is 4.90 Å². The molecule has 25 heavy (non-hydrogen) atoms. The molecule has 2 N–H and O–H groups in total. The third-order valence-corrected chi connectivity index (χ3v) is 4.00. The summed E-state index contributed by atoms with van der Waals surface area (Å²) in [6, 6.07) is 4.28. The highest BCUT2D eigenvalue weighted by Gasteiger charge is 2.40. The van der Waals surface area contributed by atoms with Crippen LogP contribution in [0.4, 0.5) is 10.5 Å². The van der Waals surface area contributed by atoms with Gasteiger partial charge in [-0.1, -0.05) is 13.8 Å². The second kappa shape index (κ2) is 7.18. The van der Waals surface area contributed by atoms with Gasteiger partial charge in [-0.05, 0) is 18.1 Å². The van der Waals surface area contributed by atoms with Crippen molar-refractivity contribution in [1.82, 2.24) is 4.90 Å². The maximum Gasteiger partial charge on any atom is 0.410 e. The number of ether oxygens (including phenoxy) is 3. The number of β-amino-alcohol motifs (C(OH)–C–C–N with tert-alkyl or cyclic N) is 1. The van der Waals surface area contributed by atoms with E-state index in [4.69, 9.17) is 14.2 Å². The molecule has 0 spiro atoms. The summed E-state index contributed by atoms with van der Waals surface area (Å²) >= 11 is 0. The first-order valence-electron chi connectivity index (χ1n) is 8.26. The van der Waals surface area contributed by atoms with Crippen molar-refractivity contribution in [3.63, 3.8) is 0 Å². The fourth-order valence-corrected chi connectivity index (χ4v) is 2.78. The Morgan fingerprint density at radius 3 is 2.88 bits per heavy atom. The van der Waals surface area contributed by atoms with Crippen molar-refractivity contribution in [3.8, 4) is 11.5 Å². The Kier molecular flexibility index (Phi) is 4.98. The highest BCUT2D eigenvalue weighted by molar-refractivity contribution is 5.97. The van der Waals surface area contributed by atoms with Crippen LogP contribution in [0.25, 0.3) is 0 Å². The van der Waals surface area contributed by atoms with E-state index in [-0.39, 0.29) is 38.2 Å². The molecule has 2 aliphatic heterocycles. The summed E-state index contributed by atoms with van der Waals surface area (Å²) in [7, 11) is 0. The normalized spacial score (nSPS) is 21.5. The van der Waals surface area contributed by atoms with Gasteiger partial charge in [0, 0.05) is 18.2 Å². The first kappa shape index (κ1) is 17.3. The summed E-state index contributed by atoms with van der Waals surface area (Å²) in [5, 5.41) is 12.6. The topological polar surface area (TPSA) is 97.3 Å². The van der Waals surface area contributed by atoms with Crippen LogP contribution in [-0.4, -0.2) is 54.1 Å².